The summed E-state index contributed by atoms with van der Waals surface area (Å²) in [5, 5.41) is 18.8. The molecule has 3 N–H and O–H groups in total. The van der Waals surface area contributed by atoms with E-state index in [4.69, 9.17) is 5.11 Å². The maximum Gasteiger partial charge on any atom is 0.335 e. The number of benzene rings is 2. The number of aromatic carboxylic acids is 1. The Balaban J connectivity index is 2.20. The number of fused-ring (bicyclic) bond motifs is 1. The van der Waals surface area contributed by atoms with Gasteiger partial charge in [0.15, 0.2) is 0 Å². The fourth-order valence-corrected chi connectivity index (χ4v) is 1.94. The molecule has 0 aliphatic heterocycles. The highest BCUT2D eigenvalue weighted by atomic mass is 16.4. The summed E-state index contributed by atoms with van der Waals surface area (Å²) in [4.78, 5) is 18.3. The summed E-state index contributed by atoms with van der Waals surface area (Å²) in [6.45, 7) is 0. The minimum absolute atomic E-state index is 0.0101. The van der Waals surface area contributed by atoms with Crippen LogP contribution in [0.25, 0.3) is 22.4 Å². The van der Waals surface area contributed by atoms with Gasteiger partial charge in [-0.05, 0) is 30.3 Å². The number of nitrogens with one attached hydrogen (secondary N) is 1. The highest BCUT2D eigenvalue weighted by Gasteiger charge is 2.12. The molecule has 5 nitrogen and oxygen atoms in total. The highest BCUT2D eigenvalue weighted by molar-refractivity contribution is 5.90. The number of carboxylic acids is 1. The van der Waals surface area contributed by atoms with Gasteiger partial charge in [-0.3, -0.25) is 0 Å². The van der Waals surface area contributed by atoms with E-state index in [1.54, 1.807) is 0 Å². The van der Waals surface area contributed by atoms with Crippen LogP contribution in [0.3, 0.4) is 0 Å². The Hall–Kier alpha value is -2.82. The predicted octanol–water partition coefficient (Wildman–Crippen LogP) is 2.63. The summed E-state index contributed by atoms with van der Waals surface area (Å²) in [5.41, 5.74) is 2.07. The second-order valence-electron chi connectivity index (χ2n) is 4.14. The largest absolute Gasteiger partial charge is 0.507 e. The Morgan fingerprint density at radius 2 is 1.95 bits per heavy atom. The molecule has 0 atom stereocenters. The first-order valence-corrected chi connectivity index (χ1v) is 5.66. The SMILES string of the molecule is O=C(O)c1ccc(O)c(-c2nc3ccccc3[nH]2)c1. The summed E-state index contributed by atoms with van der Waals surface area (Å²) in [6.07, 6.45) is 0. The van der Waals surface area contributed by atoms with Gasteiger partial charge in [-0.1, -0.05) is 12.1 Å². The second kappa shape index (κ2) is 4.13. The van der Waals surface area contributed by atoms with Gasteiger partial charge >= 0.3 is 5.97 Å². The van der Waals surface area contributed by atoms with Gasteiger partial charge in [0.2, 0.25) is 0 Å². The molecule has 1 heterocycles. The number of phenols is 1. The van der Waals surface area contributed by atoms with Crippen LogP contribution < -0.4 is 0 Å². The van der Waals surface area contributed by atoms with Crippen molar-refractivity contribution in [1.82, 2.24) is 9.97 Å². The van der Waals surface area contributed by atoms with Crippen LogP contribution in [-0.4, -0.2) is 26.2 Å². The van der Waals surface area contributed by atoms with E-state index in [-0.39, 0.29) is 11.3 Å². The summed E-state index contributed by atoms with van der Waals surface area (Å²) < 4.78 is 0. The molecule has 0 spiro atoms. The number of hydrogen-bond donors (Lipinski definition) is 3. The van der Waals surface area contributed by atoms with Crippen LogP contribution >= 0.6 is 0 Å². The van der Waals surface area contributed by atoms with E-state index in [0.717, 1.165) is 11.0 Å². The molecule has 0 aliphatic rings. The topological polar surface area (TPSA) is 86.2 Å². The van der Waals surface area contributed by atoms with Gasteiger partial charge in [0.1, 0.15) is 11.6 Å². The Morgan fingerprint density at radius 3 is 2.68 bits per heavy atom. The number of phenolic OH excluding ortho intramolecular Hbond substituents is 1. The quantitative estimate of drug-likeness (QED) is 0.656. The molecule has 0 unspecified atom stereocenters. The summed E-state index contributed by atoms with van der Waals surface area (Å²) in [6, 6.07) is 11.5. The Kier molecular flexibility index (Phi) is 2.45. The Bertz CT molecular complexity index is 744. The van der Waals surface area contributed by atoms with Crippen LogP contribution in [0.4, 0.5) is 0 Å². The molecule has 5 heteroatoms. The molecule has 0 bridgehead atoms. The molecule has 0 fully saturated rings. The average molecular weight is 254 g/mol. The van der Waals surface area contributed by atoms with Crippen LogP contribution in [0.15, 0.2) is 42.5 Å². The van der Waals surface area contributed by atoms with Gasteiger partial charge in [0.25, 0.3) is 0 Å². The van der Waals surface area contributed by atoms with Crippen molar-refractivity contribution in [3.63, 3.8) is 0 Å². The lowest BCUT2D eigenvalue weighted by Crippen LogP contribution is -1.96. The van der Waals surface area contributed by atoms with Crippen molar-refractivity contribution in [3.05, 3.63) is 48.0 Å². The molecule has 1 aromatic heterocycles. The first-order valence-electron chi connectivity index (χ1n) is 5.66. The van der Waals surface area contributed by atoms with Crippen LogP contribution in [0.1, 0.15) is 10.4 Å². The number of H-pyrrole nitrogens is 1. The smallest absolute Gasteiger partial charge is 0.335 e. The third-order valence-corrected chi connectivity index (χ3v) is 2.89. The van der Waals surface area contributed by atoms with Gasteiger partial charge in [-0.15, -0.1) is 0 Å². The third kappa shape index (κ3) is 1.91. The fraction of sp³-hybridized carbons (Fsp3) is 0. The lowest BCUT2D eigenvalue weighted by atomic mass is 10.1. The van der Waals surface area contributed by atoms with E-state index in [9.17, 15) is 9.90 Å². The van der Waals surface area contributed by atoms with E-state index in [0.29, 0.717) is 11.4 Å². The number of hydrogen-bond acceptors (Lipinski definition) is 3. The van der Waals surface area contributed by atoms with Gasteiger partial charge in [0.05, 0.1) is 22.2 Å². The zero-order chi connectivity index (χ0) is 13.4. The number of imidazole rings is 1. The molecule has 3 aromatic rings. The van der Waals surface area contributed by atoms with Crippen molar-refractivity contribution >= 4 is 17.0 Å². The first kappa shape index (κ1) is 11.3. The third-order valence-electron chi connectivity index (χ3n) is 2.89. The lowest BCUT2D eigenvalue weighted by molar-refractivity contribution is 0.0697. The molecule has 2 aromatic carbocycles. The number of aromatic hydroxyl groups is 1. The number of rotatable bonds is 2. The average Bonchev–Trinajstić information content (AvgIpc) is 2.82. The molecule has 3 rings (SSSR count). The molecule has 0 amide bonds. The normalized spacial score (nSPS) is 10.7. The van der Waals surface area contributed by atoms with E-state index < -0.39 is 5.97 Å². The number of carboxylic acid groups (broad SMARTS) is 1. The number of carbonyl (C=O) groups is 1. The van der Waals surface area contributed by atoms with Crippen molar-refractivity contribution in [3.8, 4) is 17.1 Å². The summed E-state index contributed by atoms with van der Waals surface area (Å²) >= 11 is 0. The fourth-order valence-electron chi connectivity index (χ4n) is 1.94. The monoisotopic (exact) mass is 254 g/mol. The van der Waals surface area contributed by atoms with E-state index >= 15 is 0 Å². The van der Waals surface area contributed by atoms with Crippen LogP contribution in [0.2, 0.25) is 0 Å². The lowest BCUT2D eigenvalue weighted by Gasteiger charge is -2.02. The zero-order valence-electron chi connectivity index (χ0n) is 9.79. The van der Waals surface area contributed by atoms with Crippen LogP contribution in [-0.2, 0) is 0 Å². The standard InChI is InChI=1S/C14H10N2O3/c17-12-6-5-8(14(18)19)7-9(12)13-15-10-3-1-2-4-11(10)16-13/h1-7,17H,(H,15,16)(H,18,19). The molecule has 0 aliphatic carbocycles. The number of nitrogens with zero attached hydrogens (tertiary/aromatic N) is 1. The molecular weight excluding hydrogens is 244 g/mol. The van der Waals surface area contributed by atoms with Crippen molar-refractivity contribution in [1.29, 1.82) is 0 Å². The molecule has 0 saturated carbocycles. The van der Waals surface area contributed by atoms with Gasteiger partial charge in [0, 0.05) is 0 Å². The summed E-state index contributed by atoms with van der Waals surface area (Å²) in [7, 11) is 0. The maximum absolute atomic E-state index is 11.0. The van der Waals surface area contributed by atoms with Crippen LogP contribution in [0, 0.1) is 0 Å². The van der Waals surface area contributed by atoms with Crippen molar-refractivity contribution < 1.29 is 15.0 Å². The van der Waals surface area contributed by atoms with E-state index in [2.05, 4.69) is 9.97 Å². The van der Waals surface area contributed by atoms with E-state index in [1.165, 1.54) is 18.2 Å². The van der Waals surface area contributed by atoms with Gasteiger partial charge in [-0.25, -0.2) is 9.78 Å². The van der Waals surface area contributed by atoms with E-state index in [1.807, 2.05) is 24.3 Å². The van der Waals surface area contributed by atoms with Crippen molar-refractivity contribution in [2.75, 3.05) is 0 Å². The highest BCUT2D eigenvalue weighted by Crippen LogP contribution is 2.29. The van der Waals surface area contributed by atoms with Crippen molar-refractivity contribution in [2.24, 2.45) is 0 Å². The Labute approximate surface area is 108 Å². The second-order valence-corrected chi connectivity index (χ2v) is 4.14. The van der Waals surface area contributed by atoms with Gasteiger partial charge < -0.3 is 15.2 Å². The number of para-hydroxylation sites is 2. The molecule has 19 heavy (non-hydrogen) atoms. The number of aromatic amines is 1. The van der Waals surface area contributed by atoms with Crippen LogP contribution in [0.5, 0.6) is 5.75 Å². The Morgan fingerprint density at radius 1 is 1.16 bits per heavy atom. The maximum atomic E-state index is 11.0. The summed E-state index contributed by atoms with van der Waals surface area (Å²) in [5.74, 6) is -0.608. The number of aromatic nitrogens is 2. The molecule has 0 saturated heterocycles. The molecule has 0 radical (unpaired) electrons. The zero-order valence-corrected chi connectivity index (χ0v) is 9.79. The molecular formula is C14H10N2O3. The predicted molar refractivity (Wildman–Crippen MR) is 70.2 cm³/mol. The minimum Gasteiger partial charge on any atom is -0.507 e. The van der Waals surface area contributed by atoms with Crippen molar-refractivity contribution in [2.45, 2.75) is 0 Å². The minimum atomic E-state index is -1.04. The molecule has 94 valence electrons. The van der Waals surface area contributed by atoms with Gasteiger partial charge in [-0.2, -0.15) is 0 Å². The first-order chi connectivity index (χ1) is 9.15.